The largest absolute Gasteiger partial charge is 0.298 e. The van der Waals surface area contributed by atoms with Crippen LogP contribution in [0.4, 0.5) is 0 Å². The van der Waals surface area contributed by atoms with Crippen molar-refractivity contribution in [1.29, 1.82) is 0 Å². The molecule has 1 fully saturated rings. The van der Waals surface area contributed by atoms with E-state index in [0.717, 1.165) is 23.3 Å². The first-order chi connectivity index (χ1) is 4.75. The topological polar surface area (TPSA) is 17.1 Å². The molecule has 0 spiro atoms. The second-order valence-electron chi connectivity index (χ2n) is 3.23. The number of carbonyl (C=O) groups excluding carboxylic acids is 1. The van der Waals surface area contributed by atoms with Gasteiger partial charge in [0.25, 0.3) is 0 Å². The molecular weight excluding hydrogens is 148 g/mol. The van der Waals surface area contributed by atoms with E-state index in [1.807, 2.05) is 0 Å². The molecule has 0 aliphatic heterocycles. The Balaban J connectivity index is 2.28. The minimum atomic E-state index is 0.519. The van der Waals surface area contributed by atoms with Crippen molar-refractivity contribution in [1.82, 2.24) is 0 Å². The zero-order valence-corrected chi connectivity index (χ0v) is 6.56. The first kappa shape index (κ1) is 6.41. The fourth-order valence-electron chi connectivity index (χ4n) is 2.02. The summed E-state index contributed by atoms with van der Waals surface area (Å²) >= 11 is 5.82. The van der Waals surface area contributed by atoms with Gasteiger partial charge in [-0.05, 0) is 24.2 Å². The fourth-order valence-corrected chi connectivity index (χ4v) is 2.37. The molecule has 0 saturated heterocycles. The Morgan fingerprint density at radius 2 is 2.40 bits per heavy atom. The highest BCUT2D eigenvalue weighted by atomic mass is 35.5. The van der Waals surface area contributed by atoms with Crippen LogP contribution in [-0.4, -0.2) is 6.29 Å². The first-order valence-electron chi connectivity index (χ1n) is 3.59. The lowest BCUT2D eigenvalue weighted by atomic mass is 10.1. The van der Waals surface area contributed by atoms with Gasteiger partial charge in [-0.3, -0.25) is 4.79 Å². The number of carbonyl (C=O) groups is 1. The molecule has 3 atom stereocenters. The maximum absolute atomic E-state index is 10.5. The molecule has 1 nitrogen and oxygen atoms in total. The standard InChI is InChI=1S/C8H9ClO/c1-4-5-2-7(9)6(3-10)8(4)5/h3-5,8H,2H2,1H3/t4?,5-,8?/m1/s1. The maximum Gasteiger partial charge on any atom is 0.147 e. The average Bonchev–Trinajstić information content (AvgIpc) is 2.45. The molecule has 0 radical (unpaired) electrons. The number of fused-ring (bicyclic) bond motifs is 1. The molecule has 2 aliphatic carbocycles. The van der Waals surface area contributed by atoms with Crippen LogP contribution in [0.25, 0.3) is 0 Å². The van der Waals surface area contributed by atoms with E-state index in [4.69, 9.17) is 11.6 Å². The predicted octanol–water partition coefficient (Wildman–Crippen LogP) is 1.96. The van der Waals surface area contributed by atoms with Crippen molar-refractivity contribution in [2.24, 2.45) is 17.8 Å². The minimum absolute atomic E-state index is 0.519. The highest BCUT2D eigenvalue weighted by Gasteiger charge is 2.53. The average molecular weight is 157 g/mol. The molecule has 10 heavy (non-hydrogen) atoms. The van der Waals surface area contributed by atoms with Crippen molar-refractivity contribution in [3.63, 3.8) is 0 Å². The highest BCUT2D eigenvalue weighted by Crippen LogP contribution is 2.59. The zero-order chi connectivity index (χ0) is 7.30. The van der Waals surface area contributed by atoms with Crippen LogP contribution in [0.1, 0.15) is 13.3 Å². The summed E-state index contributed by atoms with van der Waals surface area (Å²) in [6, 6.07) is 0. The van der Waals surface area contributed by atoms with Gasteiger partial charge in [0, 0.05) is 10.6 Å². The van der Waals surface area contributed by atoms with Gasteiger partial charge in [-0.15, -0.1) is 0 Å². The van der Waals surface area contributed by atoms with Gasteiger partial charge in [-0.25, -0.2) is 0 Å². The predicted molar refractivity (Wildman–Crippen MR) is 39.7 cm³/mol. The Morgan fingerprint density at radius 1 is 1.70 bits per heavy atom. The number of halogens is 1. The molecule has 54 valence electrons. The van der Waals surface area contributed by atoms with Gasteiger partial charge in [0.2, 0.25) is 0 Å². The summed E-state index contributed by atoms with van der Waals surface area (Å²) < 4.78 is 0. The highest BCUT2D eigenvalue weighted by molar-refractivity contribution is 6.31. The summed E-state index contributed by atoms with van der Waals surface area (Å²) in [6.45, 7) is 2.18. The van der Waals surface area contributed by atoms with Gasteiger partial charge in [-0.1, -0.05) is 18.5 Å². The Labute approximate surface area is 65.1 Å². The third-order valence-electron chi connectivity index (χ3n) is 2.78. The lowest BCUT2D eigenvalue weighted by molar-refractivity contribution is -0.105. The molecule has 0 aromatic heterocycles. The summed E-state index contributed by atoms with van der Waals surface area (Å²) in [5.41, 5.74) is 0.874. The summed E-state index contributed by atoms with van der Waals surface area (Å²) in [5, 5.41) is 0.808. The maximum atomic E-state index is 10.5. The molecule has 0 aromatic carbocycles. The van der Waals surface area contributed by atoms with Gasteiger partial charge >= 0.3 is 0 Å². The van der Waals surface area contributed by atoms with Gasteiger partial charge in [-0.2, -0.15) is 0 Å². The van der Waals surface area contributed by atoms with Crippen molar-refractivity contribution >= 4 is 17.9 Å². The Hall–Kier alpha value is -0.300. The van der Waals surface area contributed by atoms with E-state index in [1.54, 1.807) is 0 Å². The van der Waals surface area contributed by atoms with Crippen molar-refractivity contribution in [2.75, 3.05) is 0 Å². The number of aldehydes is 1. The van der Waals surface area contributed by atoms with E-state index >= 15 is 0 Å². The van der Waals surface area contributed by atoms with Crippen LogP contribution < -0.4 is 0 Å². The van der Waals surface area contributed by atoms with Gasteiger partial charge in [0.1, 0.15) is 6.29 Å². The summed E-state index contributed by atoms with van der Waals surface area (Å²) in [7, 11) is 0. The van der Waals surface area contributed by atoms with E-state index in [2.05, 4.69) is 6.92 Å². The van der Waals surface area contributed by atoms with Gasteiger partial charge < -0.3 is 0 Å². The quantitative estimate of drug-likeness (QED) is 0.531. The molecule has 2 aliphatic rings. The van der Waals surface area contributed by atoms with Crippen LogP contribution in [0.2, 0.25) is 0 Å². The van der Waals surface area contributed by atoms with Crippen molar-refractivity contribution in [3.05, 3.63) is 10.6 Å². The van der Waals surface area contributed by atoms with Crippen molar-refractivity contribution in [3.8, 4) is 0 Å². The Kier molecular flexibility index (Phi) is 1.19. The lowest BCUT2D eigenvalue weighted by Crippen LogP contribution is -1.89. The third-order valence-corrected chi connectivity index (χ3v) is 3.15. The molecule has 2 heteroatoms. The summed E-state index contributed by atoms with van der Waals surface area (Å²) in [4.78, 5) is 10.5. The molecule has 0 amide bonds. The van der Waals surface area contributed by atoms with Crippen LogP contribution in [0.3, 0.4) is 0 Å². The van der Waals surface area contributed by atoms with Gasteiger partial charge in [0.15, 0.2) is 0 Å². The SMILES string of the molecule is CC1C2C(C=O)=C(Cl)C[C@H]12. The number of allylic oxidation sites excluding steroid dienone is 2. The Bertz CT molecular complexity index is 219. The van der Waals surface area contributed by atoms with Crippen LogP contribution in [-0.2, 0) is 4.79 Å². The minimum Gasteiger partial charge on any atom is -0.298 e. The van der Waals surface area contributed by atoms with Crippen LogP contribution >= 0.6 is 11.6 Å². The van der Waals surface area contributed by atoms with Crippen LogP contribution in [0.5, 0.6) is 0 Å². The normalized spacial score (nSPS) is 43.6. The monoisotopic (exact) mass is 156 g/mol. The van der Waals surface area contributed by atoms with E-state index in [0.29, 0.717) is 17.8 Å². The Morgan fingerprint density at radius 3 is 2.80 bits per heavy atom. The molecule has 1 saturated carbocycles. The van der Waals surface area contributed by atoms with E-state index < -0.39 is 0 Å². The molecule has 0 aromatic rings. The van der Waals surface area contributed by atoms with Crippen LogP contribution in [0, 0.1) is 17.8 Å². The van der Waals surface area contributed by atoms with Gasteiger partial charge in [0.05, 0.1) is 0 Å². The third kappa shape index (κ3) is 0.615. The molecule has 0 bridgehead atoms. The smallest absolute Gasteiger partial charge is 0.147 e. The molecule has 2 rings (SSSR count). The molecule has 2 unspecified atom stereocenters. The second-order valence-corrected chi connectivity index (χ2v) is 3.69. The fraction of sp³-hybridized carbons (Fsp3) is 0.625. The van der Waals surface area contributed by atoms with E-state index in [9.17, 15) is 4.79 Å². The van der Waals surface area contributed by atoms with Crippen LogP contribution in [0.15, 0.2) is 10.6 Å². The number of hydrogen-bond donors (Lipinski definition) is 0. The second kappa shape index (κ2) is 1.85. The van der Waals surface area contributed by atoms with E-state index in [-0.39, 0.29) is 0 Å². The number of rotatable bonds is 1. The molecule has 0 heterocycles. The molecule has 0 N–H and O–H groups in total. The molecular formula is C8H9ClO. The van der Waals surface area contributed by atoms with E-state index in [1.165, 1.54) is 0 Å². The number of hydrogen-bond acceptors (Lipinski definition) is 1. The summed E-state index contributed by atoms with van der Waals surface area (Å²) in [5.74, 6) is 1.93. The zero-order valence-electron chi connectivity index (χ0n) is 5.80. The lowest BCUT2D eigenvalue weighted by Gasteiger charge is -1.96. The summed E-state index contributed by atoms with van der Waals surface area (Å²) in [6.07, 6.45) is 1.87. The van der Waals surface area contributed by atoms with Crippen molar-refractivity contribution in [2.45, 2.75) is 13.3 Å². The van der Waals surface area contributed by atoms with Crippen molar-refractivity contribution < 1.29 is 4.79 Å². The first-order valence-corrected chi connectivity index (χ1v) is 3.97.